The van der Waals surface area contributed by atoms with E-state index >= 15 is 0 Å². The minimum absolute atomic E-state index is 0.583. The molecule has 0 aliphatic carbocycles. The van der Waals surface area contributed by atoms with E-state index < -0.39 is 0 Å². The number of aryl methyl sites for hydroxylation is 1. The van der Waals surface area contributed by atoms with Gasteiger partial charge in [-0.1, -0.05) is 37.3 Å². The van der Waals surface area contributed by atoms with Crippen LogP contribution in [-0.4, -0.2) is 24.2 Å². The van der Waals surface area contributed by atoms with Crippen LogP contribution in [0.4, 0.5) is 11.4 Å². The molecule has 0 fully saturated rings. The van der Waals surface area contributed by atoms with E-state index in [1.165, 1.54) is 16.8 Å². The predicted octanol–water partition coefficient (Wildman–Crippen LogP) is 4.38. The predicted molar refractivity (Wildman–Crippen MR) is 112 cm³/mol. The average Bonchev–Trinajstić information content (AvgIpc) is 2.95. The Morgan fingerprint density at radius 1 is 1.16 bits per heavy atom. The van der Waals surface area contributed by atoms with Gasteiger partial charge in [0.15, 0.2) is 5.11 Å². The van der Waals surface area contributed by atoms with E-state index in [2.05, 4.69) is 77.9 Å². The molecule has 1 aliphatic rings. The van der Waals surface area contributed by atoms with Gasteiger partial charge in [0, 0.05) is 30.5 Å². The lowest BCUT2D eigenvalue weighted by Gasteiger charge is -2.25. The molecule has 0 aromatic heterocycles. The molecule has 0 amide bonds. The van der Waals surface area contributed by atoms with Gasteiger partial charge in [-0.3, -0.25) is 0 Å². The normalized spacial score (nSPS) is 15.8. The third kappa shape index (κ3) is 4.51. The third-order valence-corrected chi connectivity index (χ3v) is 5.08. The molecule has 0 spiro atoms. The fourth-order valence-corrected chi connectivity index (χ4v) is 3.64. The summed E-state index contributed by atoms with van der Waals surface area (Å²) in [7, 11) is 0. The highest BCUT2D eigenvalue weighted by atomic mass is 32.1. The van der Waals surface area contributed by atoms with Crippen LogP contribution in [0, 0.1) is 0 Å². The summed E-state index contributed by atoms with van der Waals surface area (Å²) >= 11 is 5.40. The molecule has 0 saturated heterocycles. The fraction of sp³-hybridized carbons (Fsp3) is 0.381. The molecule has 25 heavy (non-hydrogen) atoms. The SMILES string of the molecule is CCc1ccc(NC(=S)NCCCN2c3ccccc3C[C@@H]2C)cc1. The molecular formula is C21H27N3S. The minimum Gasteiger partial charge on any atom is -0.368 e. The maximum atomic E-state index is 5.40. The Morgan fingerprint density at radius 2 is 1.92 bits per heavy atom. The van der Waals surface area contributed by atoms with Crippen molar-refractivity contribution in [3.05, 3.63) is 59.7 Å². The van der Waals surface area contributed by atoms with Crippen molar-refractivity contribution in [1.82, 2.24) is 5.32 Å². The number of anilines is 2. The molecule has 1 atom stereocenters. The monoisotopic (exact) mass is 353 g/mol. The summed E-state index contributed by atoms with van der Waals surface area (Å²) in [6, 6.07) is 17.8. The Labute approximate surface area is 156 Å². The molecule has 0 saturated carbocycles. The molecule has 0 bridgehead atoms. The molecular weight excluding hydrogens is 326 g/mol. The third-order valence-electron chi connectivity index (χ3n) is 4.83. The number of nitrogens with one attached hydrogen (secondary N) is 2. The molecule has 4 heteroatoms. The first-order chi connectivity index (χ1) is 12.2. The largest absolute Gasteiger partial charge is 0.368 e. The molecule has 0 radical (unpaired) electrons. The van der Waals surface area contributed by atoms with Crippen LogP contribution < -0.4 is 15.5 Å². The quantitative estimate of drug-likeness (QED) is 0.595. The Morgan fingerprint density at radius 3 is 2.68 bits per heavy atom. The van der Waals surface area contributed by atoms with E-state index in [1.807, 2.05) is 0 Å². The molecule has 3 rings (SSSR count). The van der Waals surface area contributed by atoms with Crippen LogP contribution in [0.15, 0.2) is 48.5 Å². The second-order valence-electron chi connectivity index (χ2n) is 6.66. The van der Waals surface area contributed by atoms with Crippen LogP contribution in [0.3, 0.4) is 0 Å². The first kappa shape index (κ1) is 17.7. The lowest BCUT2D eigenvalue weighted by molar-refractivity contribution is 0.641. The maximum absolute atomic E-state index is 5.40. The van der Waals surface area contributed by atoms with Crippen molar-refractivity contribution in [2.24, 2.45) is 0 Å². The summed E-state index contributed by atoms with van der Waals surface area (Å²) in [5.74, 6) is 0. The Hall–Kier alpha value is -2.07. The second kappa shape index (κ2) is 8.34. The number of thiocarbonyl (C=S) groups is 1. The van der Waals surface area contributed by atoms with E-state index in [-0.39, 0.29) is 0 Å². The Kier molecular flexibility index (Phi) is 5.92. The highest BCUT2D eigenvalue weighted by Crippen LogP contribution is 2.31. The molecule has 1 aliphatic heterocycles. The van der Waals surface area contributed by atoms with Gasteiger partial charge in [0.05, 0.1) is 0 Å². The Bertz CT molecular complexity index is 711. The van der Waals surface area contributed by atoms with Gasteiger partial charge in [-0.25, -0.2) is 0 Å². The number of nitrogens with zero attached hydrogens (tertiary/aromatic N) is 1. The van der Waals surface area contributed by atoms with Gasteiger partial charge in [0.1, 0.15) is 0 Å². The van der Waals surface area contributed by atoms with Crippen molar-refractivity contribution >= 4 is 28.7 Å². The zero-order valence-electron chi connectivity index (χ0n) is 15.1. The number of rotatable bonds is 6. The van der Waals surface area contributed by atoms with Crippen molar-refractivity contribution in [2.45, 2.75) is 39.2 Å². The molecule has 2 N–H and O–H groups in total. The summed E-state index contributed by atoms with van der Waals surface area (Å²) in [5.41, 5.74) is 5.24. The van der Waals surface area contributed by atoms with Gasteiger partial charge in [-0.2, -0.15) is 0 Å². The van der Waals surface area contributed by atoms with Crippen LogP contribution in [-0.2, 0) is 12.8 Å². The van der Waals surface area contributed by atoms with Crippen molar-refractivity contribution in [2.75, 3.05) is 23.3 Å². The summed E-state index contributed by atoms with van der Waals surface area (Å²) in [6.07, 6.45) is 3.27. The Balaban J connectivity index is 1.41. The van der Waals surface area contributed by atoms with Gasteiger partial charge in [-0.15, -0.1) is 0 Å². The summed E-state index contributed by atoms with van der Waals surface area (Å²) in [6.45, 7) is 6.40. The van der Waals surface area contributed by atoms with E-state index in [1.54, 1.807) is 0 Å². The van der Waals surface area contributed by atoms with Crippen LogP contribution in [0.25, 0.3) is 0 Å². The number of fused-ring (bicyclic) bond motifs is 1. The van der Waals surface area contributed by atoms with Crippen LogP contribution in [0.1, 0.15) is 31.4 Å². The van der Waals surface area contributed by atoms with Gasteiger partial charge >= 0.3 is 0 Å². The van der Waals surface area contributed by atoms with Gasteiger partial charge in [0.25, 0.3) is 0 Å². The molecule has 2 aromatic rings. The molecule has 1 heterocycles. The topological polar surface area (TPSA) is 27.3 Å². The first-order valence-electron chi connectivity index (χ1n) is 9.15. The van der Waals surface area contributed by atoms with Crippen molar-refractivity contribution in [3.63, 3.8) is 0 Å². The summed E-state index contributed by atoms with van der Waals surface area (Å²) in [5, 5.41) is 7.26. The van der Waals surface area contributed by atoms with Gasteiger partial charge in [0.2, 0.25) is 0 Å². The zero-order chi connectivity index (χ0) is 17.6. The highest BCUT2D eigenvalue weighted by molar-refractivity contribution is 7.80. The molecule has 0 unspecified atom stereocenters. The maximum Gasteiger partial charge on any atom is 0.170 e. The number of hydrogen-bond acceptors (Lipinski definition) is 2. The van der Waals surface area contributed by atoms with Gasteiger partial charge < -0.3 is 15.5 Å². The van der Waals surface area contributed by atoms with E-state index in [0.717, 1.165) is 38.0 Å². The number of para-hydroxylation sites is 1. The standard InChI is InChI=1S/C21H27N3S/c1-3-17-9-11-19(12-10-17)23-21(25)22-13-6-14-24-16(2)15-18-7-4-5-8-20(18)24/h4-5,7-12,16H,3,6,13-15H2,1-2H3,(H2,22,23,25)/t16-/m0/s1. The first-order valence-corrected chi connectivity index (χ1v) is 9.56. The second-order valence-corrected chi connectivity index (χ2v) is 7.07. The van der Waals surface area contributed by atoms with Crippen LogP contribution in [0.2, 0.25) is 0 Å². The van der Waals surface area contributed by atoms with E-state index in [0.29, 0.717) is 11.2 Å². The lowest BCUT2D eigenvalue weighted by atomic mass is 10.1. The van der Waals surface area contributed by atoms with E-state index in [4.69, 9.17) is 12.2 Å². The fourth-order valence-electron chi connectivity index (χ4n) is 3.42. The van der Waals surface area contributed by atoms with Crippen LogP contribution in [0.5, 0.6) is 0 Å². The minimum atomic E-state index is 0.583. The summed E-state index contributed by atoms with van der Waals surface area (Å²) in [4.78, 5) is 2.51. The number of benzene rings is 2. The molecule has 3 nitrogen and oxygen atoms in total. The van der Waals surface area contributed by atoms with Crippen molar-refractivity contribution < 1.29 is 0 Å². The lowest BCUT2D eigenvalue weighted by Crippen LogP contribution is -2.34. The highest BCUT2D eigenvalue weighted by Gasteiger charge is 2.24. The molecule has 132 valence electrons. The van der Waals surface area contributed by atoms with Gasteiger partial charge in [-0.05, 0) is 67.7 Å². The smallest absolute Gasteiger partial charge is 0.170 e. The summed E-state index contributed by atoms with van der Waals surface area (Å²) < 4.78 is 0. The van der Waals surface area contributed by atoms with Crippen LogP contribution >= 0.6 is 12.2 Å². The average molecular weight is 354 g/mol. The van der Waals surface area contributed by atoms with E-state index in [9.17, 15) is 0 Å². The van der Waals surface area contributed by atoms with Crippen molar-refractivity contribution in [3.8, 4) is 0 Å². The molecule has 2 aromatic carbocycles. The zero-order valence-corrected chi connectivity index (χ0v) is 15.9. The number of hydrogen-bond donors (Lipinski definition) is 2. The van der Waals surface area contributed by atoms with Crippen molar-refractivity contribution in [1.29, 1.82) is 0 Å².